The number of amides is 1. The summed E-state index contributed by atoms with van der Waals surface area (Å²) in [6, 6.07) is 17.4. The molecule has 5 rings (SSSR count). The minimum absolute atomic E-state index is 0.0824. The molecule has 0 atom stereocenters. The molecular formula is C25H25N3O4S. The van der Waals surface area contributed by atoms with Gasteiger partial charge in [-0.2, -0.15) is 0 Å². The first kappa shape index (κ1) is 21.5. The van der Waals surface area contributed by atoms with Gasteiger partial charge in [0.1, 0.15) is 11.5 Å². The molecule has 1 aliphatic heterocycles. The van der Waals surface area contributed by atoms with Crippen LogP contribution in [-0.2, 0) is 6.54 Å². The van der Waals surface area contributed by atoms with Crippen LogP contribution in [-0.4, -0.2) is 61.1 Å². The number of thiazole rings is 1. The zero-order valence-corrected chi connectivity index (χ0v) is 19.4. The number of fused-ring (bicyclic) bond motifs is 1. The van der Waals surface area contributed by atoms with Crippen molar-refractivity contribution < 1.29 is 18.7 Å². The van der Waals surface area contributed by atoms with E-state index < -0.39 is 0 Å². The second-order valence-electron chi connectivity index (χ2n) is 7.90. The first-order valence-corrected chi connectivity index (χ1v) is 11.6. The third-order valence-corrected chi connectivity index (χ3v) is 6.91. The van der Waals surface area contributed by atoms with Crippen LogP contribution >= 0.6 is 11.3 Å². The summed E-state index contributed by atoms with van der Waals surface area (Å²) in [6.07, 6.45) is 0. The summed E-state index contributed by atoms with van der Waals surface area (Å²) in [6.45, 7) is 3.57. The van der Waals surface area contributed by atoms with E-state index in [0.717, 1.165) is 51.9 Å². The van der Waals surface area contributed by atoms with Gasteiger partial charge >= 0.3 is 0 Å². The fraction of sp³-hybridized carbons (Fsp3) is 0.280. The maximum atomic E-state index is 13.0. The van der Waals surface area contributed by atoms with Crippen LogP contribution in [0.5, 0.6) is 11.5 Å². The quantitative estimate of drug-likeness (QED) is 0.419. The Bertz CT molecular complexity index is 1240. The topological polar surface area (TPSA) is 68.0 Å². The Morgan fingerprint density at radius 3 is 2.61 bits per heavy atom. The SMILES string of the molecule is COc1ccc(OC)c(CN2CCN(C(=O)c3ccc(-c4nc5ccccc5s4)o3)CC2)c1. The van der Waals surface area contributed by atoms with Gasteiger partial charge in [-0.3, -0.25) is 9.69 Å². The van der Waals surface area contributed by atoms with E-state index in [1.165, 1.54) is 0 Å². The van der Waals surface area contributed by atoms with E-state index in [1.54, 1.807) is 31.6 Å². The van der Waals surface area contributed by atoms with Crippen LogP contribution in [0.3, 0.4) is 0 Å². The molecule has 0 spiro atoms. The van der Waals surface area contributed by atoms with Crippen LogP contribution in [0.25, 0.3) is 21.0 Å². The molecule has 1 fully saturated rings. The zero-order valence-electron chi connectivity index (χ0n) is 18.6. The molecule has 8 heteroatoms. The zero-order chi connectivity index (χ0) is 22.8. The lowest BCUT2D eigenvalue weighted by molar-refractivity contribution is 0.0597. The molecule has 0 aliphatic carbocycles. The molecule has 3 heterocycles. The van der Waals surface area contributed by atoms with Gasteiger partial charge in [0.2, 0.25) is 0 Å². The third kappa shape index (κ3) is 4.44. The molecule has 0 unspecified atom stereocenters. The van der Waals surface area contributed by atoms with Crippen LogP contribution in [0.1, 0.15) is 16.1 Å². The highest BCUT2D eigenvalue weighted by Crippen LogP contribution is 2.31. The summed E-state index contributed by atoms with van der Waals surface area (Å²) in [5.74, 6) is 2.55. The molecule has 33 heavy (non-hydrogen) atoms. The van der Waals surface area contributed by atoms with Crippen molar-refractivity contribution >= 4 is 27.5 Å². The van der Waals surface area contributed by atoms with Gasteiger partial charge in [-0.25, -0.2) is 4.98 Å². The molecule has 0 saturated carbocycles. The van der Waals surface area contributed by atoms with Crippen molar-refractivity contribution in [3.05, 3.63) is 65.9 Å². The highest BCUT2D eigenvalue weighted by Gasteiger charge is 2.25. The number of aromatic nitrogens is 1. The van der Waals surface area contributed by atoms with Gasteiger partial charge in [-0.15, -0.1) is 11.3 Å². The van der Waals surface area contributed by atoms with Crippen LogP contribution in [0, 0.1) is 0 Å². The molecule has 7 nitrogen and oxygen atoms in total. The number of piperazine rings is 1. The van der Waals surface area contributed by atoms with Gasteiger partial charge in [0.05, 0.1) is 24.4 Å². The Kier molecular flexibility index (Phi) is 6.02. The van der Waals surface area contributed by atoms with Crippen molar-refractivity contribution in [1.29, 1.82) is 0 Å². The van der Waals surface area contributed by atoms with Crippen LogP contribution in [0.2, 0.25) is 0 Å². The van der Waals surface area contributed by atoms with E-state index in [1.807, 2.05) is 53.4 Å². The highest BCUT2D eigenvalue weighted by molar-refractivity contribution is 7.21. The first-order chi connectivity index (χ1) is 16.1. The summed E-state index contributed by atoms with van der Waals surface area (Å²) in [7, 11) is 3.33. The Labute approximate surface area is 196 Å². The van der Waals surface area contributed by atoms with Crippen LogP contribution in [0.4, 0.5) is 0 Å². The highest BCUT2D eigenvalue weighted by atomic mass is 32.1. The van der Waals surface area contributed by atoms with E-state index in [0.29, 0.717) is 24.6 Å². The molecule has 0 bridgehead atoms. The van der Waals surface area contributed by atoms with Crippen LogP contribution < -0.4 is 9.47 Å². The molecule has 170 valence electrons. The smallest absolute Gasteiger partial charge is 0.289 e. The number of nitrogens with zero attached hydrogens (tertiary/aromatic N) is 3. The standard InChI is InChI=1S/C25H25N3O4S/c1-30-18-7-8-20(31-2)17(15-18)16-27-11-13-28(14-12-27)25(29)22-10-9-21(32-22)24-26-19-5-3-4-6-23(19)33-24/h3-10,15H,11-14,16H2,1-2H3. The molecule has 0 N–H and O–H groups in total. The van der Waals surface area contributed by atoms with Crippen LogP contribution in [0.15, 0.2) is 59.0 Å². The lowest BCUT2D eigenvalue weighted by Gasteiger charge is -2.34. The fourth-order valence-corrected chi connectivity index (χ4v) is 4.98. The van der Waals surface area contributed by atoms with E-state index in [4.69, 9.17) is 13.9 Å². The third-order valence-electron chi connectivity index (χ3n) is 5.86. The first-order valence-electron chi connectivity index (χ1n) is 10.8. The van der Waals surface area contributed by atoms with Crippen molar-refractivity contribution in [2.24, 2.45) is 0 Å². The second-order valence-corrected chi connectivity index (χ2v) is 8.93. The second kappa shape index (κ2) is 9.25. The van der Waals surface area contributed by atoms with Crippen molar-refractivity contribution in [3.63, 3.8) is 0 Å². The van der Waals surface area contributed by atoms with Crippen molar-refractivity contribution in [1.82, 2.24) is 14.8 Å². The molecule has 2 aromatic heterocycles. The van der Waals surface area contributed by atoms with Gasteiger partial charge in [-0.05, 0) is 42.5 Å². The molecular weight excluding hydrogens is 438 g/mol. The van der Waals surface area contributed by atoms with Gasteiger partial charge in [-0.1, -0.05) is 12.1 Å². The van der Waals surface area contributed by atoms with Crippen molar-refractivity contribution in [2.45, 2.75) is 6.54 Å². The lowest BCUT2D eigenvalue weighted by atomic mass is 10.1. The maximum Gasteiger partial charge on any atom is 0.289 e. The van der Waals surface area contributed by atoms with E-state index in [9.17, 15) is 4.79 Å². The summed E-state index contributed by atoms with van der Waals surface area (Å²) in [5.41, 5.74) is 2.01. The number of para-hydroxylation sites is 1. The number of carbonyl (C=O) groups is 1. The summed E-state index contributed by atoms with van der Waals surface area (Å²) >= 11 is 1.56. The largest absolute Gasteiger partial charge is 0.497 e. The number of hydrogen-bond acceptors (Lipinski definition) is 7. The Balaban J connectivity index is 1.22. The number of benzene rings is 2. The number of methoxy groups -OCH3 is 2. The van der Waals surface area contributed by atoms with E-state index in [2.05, 4.69) is 9.88 Å². The lowest BCUT2D eigenvalue weighted by Crippen LogP contribution is -2.48. The van der Waals surface area contributed by atoms with Gasteiger partial charge in [0.25, 0.3) is 5.91 Å². The number of furan rings is 1. The minimum Gasteiger partial charge on any atom is -0.497 e. The maximum absolute atomic E-state index is 13.0. The molecule has 2 aromatic carbocycles. The van der Waals surface area contributed by atoms with E-state index in [-0.39, 0.29) is 5.91 Å². The van der Waals surface area contributed by atoms with E-state index >= 15 is 0 Å². The molecule has 1 saturated heterocycles. The minimum atomic E-state index is -0.0824. The van der Waals surface area contributed by atoms with Gasteiger partial charge in [0, 0.05) is 38.3 Å². The normalized spacial score (nSPS) is 14.5. The Morgan fingerprint density at radius 2 is 1.85 bits per heavy atom. The Morgan fingerprint density at radius 1 is 1.03 bits per heavy atom. The predicted molar refractivity (Wildman–Crippen MR) is 128 cm³/mol. The number of hydrogen-bond donors (Lipinski definition) is 0. The number of rotatable bonds is 6. The predicted octanol–water partition coefficient (Wildman–Crippen LogP) is 4.53. The molecule has 4 aromatic rings. The fourth-order valence-electron chi connectivity index (χ4n) is 4.06. The molecule has 0 radical (unpaired) electrons. The average Bonchev–Trinajstić information content (AvgIpc) is 3.51. The monoisotopic (exact) mass is 463 g/mol. The average molecular weight is 464 g/mol. The summed E-state index contributed by atoms with van der Waals surface area (Å²) < 4.78 is 17.9. The molecule has 1 aliphatic rings. The summed E-state index contributed by atoms with van der Waals surface area (Å²) in [5, 5.41) is 0.785. The number of carbonyl (C=O) groups excluding carboxylic acids is 1. The molecule has 1 amide bonds. The van der Waals surface area contributed by atoms with Crippen molar-refractivity contribution in [3.8, 4) is 22.3 Å². The Hall–Kier alpha value is -3.36. The van der Waals surface area contributed by atoms with Gasteiger partial charge < -0.3 is 18.8 Å². The van der Waals surface area contributed by atoms with Gasteiger partial charge in [0.15, 0.2) is 16.5 Å². The number of ether oxygens (including phenoxy) is 2. The van der Waals surface area contributed by atoms with Crippen molar-refractivity contribution in [2.75, 3.05) is 40.4 Å². The summed E-state index contributed by atoms with van der Waals surface area (Å²) in [4.78, 5) is 21.8.